The summed E-state index contributed by atoms with van der Waals surface area (Å²) in [4.78, 5) is 10.8. The number of carbonyl (C=O) groups excluding carboxylic acids is 1. The summed E-state index contributed by atoms with van der Waals surface area (Å²) in [6.07, 6.45) is -2.38. The molecule has 1 fully saturated rings. The van der Waals surface area contributed by atoms with Gasteiger partial charge in [0.15, 0.2) is 6.10 Å². The van der Waals surface area contributed by atoms with Crippen LogP contribution in [-0.4, -0.2) is 47.2 Å². The minimum Gasteiger partial charge on any atom is -0.457 e. The standard InChI is InChI=1S/C10H18O5/c1-5-6(2)14-8(4-11)10(9(5)13)15-7(3)12/h5-6,8-11,13H,4H2,1-3H3/t5?,6-,8?,9?,10-/m1/s1. The monoisotopic (exact) mass is 218 g/mol. The lowest BCUT2D eigenvalue weighted by Gasteiger charge is -2.41. The highest BCUT2D eigenvalue weighted by atomic mass is 16.6. The normalized spacial score (nSPS) is 41.3. The Labute approximate surface area is 89.0 Å². The van der Waals surface area contributed by atoms with Gasteiger partial charge in [-0.15, -0.1) is 0 Å². The third kappa shape index (κ3) is 2.68. The van der Waals surface area contributed by atoms with Gasteiger partial charge in [0.25, 0.3) is 0 Å². The second-order valence-corrected chi connectivity index (χ2v) is 3.99. The Morgan fingerprint density at radius 2 is 2.07 bits per heavy atom. The van der Waals surface area contributed by atoms with Gasteiger partial charge < -0.3 is 19.7 Å². The molecule has 0 bridgehead atoms. The zero-order valence-corrected chi connectivity index (χ0v) is 9.21. The highest BCUT2D eigenvalue weighted by Gasteiger charge is 2.42. The molecule has 0 amide bonds. The zero-order valence-electron chi connectivity index (χ0n) is 9.21. The molecule has 5 nitrogen and oxygen atoms in total. The molecule has 1 aliphatic heterocycles. The van der Waals surface area contributed by atoms with Crippen molar-refractivity contribution in [2.75, 3.05) is 6.61 Å². The fourth-order valence-corrected chi connectivity index (χ4v) is 1.76. The van der Waals surface area contributed by atoms with Crippen molar-refractivity contribution in [3.8, 4) is 0 Å². The van der Waals surface area contributed by atoms with E-state index in [1.807, 2.05) is 13.8 Å². The first-order chi connectivity index (χ1) is 6.97. The first-order valence-electron chi connectivity index (χ1n) is 5.09. The predicted octanol–water partition coefficient (Wildman–Crippen LogP) is -0.305. The summed E-state index contributed by atoms with van der Waals surface area (Å²) in [6, 6.07) is 0. The lowest BCUT2D eigenvalue weighted by molar-refractivity contribution is -0.216. The van der Waals surface area contributed by atoms with Gasteiger partial charge in [0.1, 0.15) is 6.10 Å². The topological polar surface area (TPSA) is 76.0 Å². The summed E-state index contributed by atoms with van der Waals surface area (Å²) in [7, 11) is 0. The molecule has 1 saturated heterocycles. The number of ether oxygens (including phenoxy) is 2. The van der Waals surface area contributed by atoms with Crippen LogP contribution in [0.5, 0.6) is 0 Å². The minimum atomic E-state index is -0.796. The number of aliphatic hydroxyl groups excluding tert-OH is 2. The van der Waals surface area contributed by atoms with Crippen LogP contribution < -0.4 is 0 Å². The van der Waals surface area contributed by atoms with Crippen LogP contribution >= 0.6 is 0 Å². The molecular formula is C10H18O5. The molecule has 2 N–H and O–H groups in total. The second kappa shape index (κ2) is 4.92. The molecule has 5 atom stereocenters. The molecule has 88 valence electrons. The van der Waals surface area contributed by atoms with E-state index in [-0.39, 0.29) is 18.6 Å². The van der Waals surface area contributed by atoms with Gasteiger partial charge in [-0.3, -0.25) is 4.79 Å². The lowest BCUT2D eigenvalue weighted by Crippen LogP contribution is -2.55. The highest BCUT2D eigenvalue weighted by molar-refractivity contribution is 5.66. The van der Waals surface area contributed by atoms with Crippen LogP contribution in [0, 0.1) is 5.92 Å². The molecular weight excluding hydrogens is 200 g/mol. The van der Waals surface area contributed by atoms with Crippen molar-refractivity contribution in [3.05, 3.63) is 0 Å². The van der Waals surface area contributed by atoms with Gasteiger partial charge in [-0.1, -0.05) is 6.92 Å². The van der Waals surface area contributed by atoms with Crippen molar-refractivity contribution in [2.24, 2.45) is 5.92 Å². The van der Waals surface area contributed by atoms with Crippen molar-refractivity contribution in [2.45, 2.75) is 45.2 Å². The van der Waals surface area contributed by atoms with Crippen molar-refractivity contribution in [3.63, 3.8) is 0 Å². The van der Waals surface area contributed by atoms with Gasteiger partial charge in [0.2, 0.25) is 0 Å². The summed E-state index contributed by atoms with van der Waals surface area (Å²) in [5.74, 6) is -0.611. The lowest BCUT2D eigenvalue weighted by atomic mass is 9.89. The molecule has 1 aliphatic rings. The van der Waals surface area contributed by atoms with Gasteiger partial charge >= 0.3 is 5.97 Å². The van der Waals surface area contributed by atoms with Crippen LogP contribution in [-0.2, 0) is 14.3 Å². The van der Waals surface area contributed by atoms with Crippen LogP contribution in [0.3, 0.4) is 0 Å². The maximum atomic E-state index is 10.8. The quantitative estimate of drug-likeness (QED) is 0.622. The van der Waals surface area contributed by atoms with E-state index in [4.69, 9.17) is 14.6 Å². The van der Waals surface area contributed by atoms with Crippen molar-refractivity contribution in [1.82, 2.24) is 0 Å². The van der Waals surface area contributed by atoms with Crippen LogP contribution in [0.1, 0.15) is 20.8 Å². The summed E-state index contributed by atoms with van der Waals surface area (Å²) in [5.41, 5.74) is 0. The first kappa shape index (κ1) is 12.4. The van der Waals surface area contributed by atoms with Crippen LogP contribution in [0.15, 0.2) is 0 Å². The number of rotatable bonds is 2. The molecule has 1 heterocycles. The van der Waals surface area contributed by atoms with Gasteiger partial charge in [0.05, 0.1) is 18.8 Å². The van der Waals surface area contributed by atoms with Crippen molar-refractivity contribution < 1.29 is 24.5 Å². The molecule has 0 saturated carbocycles. The largest absolute Gasteiger partial charge is 0.457 e. The Morgan fingerprint density at radius 3 is 2.53 bits per heavy atom. The molecule has 5 heteroatoms. The van der Waals surface area contributed by atoms with E-state index < -0.39 is 24.3 Å². The Morgan fingerprint density at radius 1 is 1.47 bits per heavy atom. The van der Waals surface area contributed by atoms with Gasteiger partial charge in [-0.2, -0.15) is 0 Å². The van der Waals surface area contributed by atoms with E-state index in [1.165, 1.54) is 6.92 Å². The molecule has 3 unspecified atom stereocenters. The summed E-state index contributed by atoms with van der Waals surface area (Å²) in [6.45, 7) is 4.63. The number of hydrogen-bond acceptors (Lipinski definition) is 5. The van der Waals surface area contributed by atoms with E-state index in [0.29, 0.717) is 0 Å². The molecule has 0 aromatic carbocycles. The Bertz CT molecular complexity index is 228. The number of carbonyl (C=O) groups is 1. The third-order valence-corrected chi connectivity index (χ3v) is 2.85. The van der Waals surface area contributed by atoms with Gasteiger partial charge in [-0.05, 0) is 6.92 Å². The number of aliphatic hydroxyl groups is 2. The average molecular weight is 218 g/mol. The SMILES string of the molecule is CC(=O)O[C@@H]1C(CO)O[C@H](C)C(C)C1O. The first-order valence-corrected chi connectivity index (χ1v) is 5.09. The molecule has 1 rings (SSSR count). The molecule has 0 radical (unpaired) electrons. The Hall–Kier alpha value is -0.650. The molecule has 0 aromatic rings. The van der Waals surface area contributed by atoms with Gasteiger partial charge in [0, 0.05) is 12.8 Å². The maximum absolute atomic E-state index is 10.8. The Balaban J connectivity index is 2.75. The molecule has 0 aliphatic carbocycles. The molecule has 0 aromatic heterocycles. The second-order valence-electron chi connectivity index (χ2n) is 3.99. The Kier molecular flexibility index (Phi) is 4.07. The fourth-order valence-electron chi connectivity index (χ4n) is 1.76. The predicted molar refractivity (Wildman–Crippen MR) is 52.1 cm³/mol. The van der Waals surface area contributed by atoms with Gasteiger partial charge in [-0.25, -0.2) is 0 Å². The minimum absolute atomic E-state index is 0.128. The van der Waals surface area contributed by atoms with Crippen LogP contribution in [0.2, 0.25) is 0 Å². The average Bonchev–Trinajstić information content (AvgIpc) is 2.18. The third-order valence-electron chi connectivity index (χ3n) is 2.85. The summed E-state index contributed by atoms with van der Waals surface area (Å²) >= 11 is 0. The van der Waals surface area contributed by atoms with Crippen LogP contribution in [0.4, 0.5) is 0 Å². The van der Waals surface area contributed by atoms with Crippen molar-refractivity contribution >= 4 is 5.97 Å². The number of esters is 1. The van der Waals surface area contributed by atoms with E-state index in [1.54, 1.807) is 0 Å². The van der Waals surface area contributed by atoms with E-state index >= 15 is 0 Å². The van der Waals surface area contributed by atoms with Crippen molar-refractivity contribution in [1.29, 1.82) is 0 Å². The smallest absolute Gasteiger partial charge is 0.303 e. The molecule has 0 spiro atoms. The number of hydrogen-bond donors (Lipinski definition) is 2. The maximum Gasteiger partial charge on any atom is 0.303 e. The van der Waals surface area contributed by atoms with Crippen LogP contribution in [0.25, 0.3) is 0 Å². The zero-order chi connectivity index (χ0) is 11.6. The highest BCUT2D eigenvalue weighted by Crippen LogP contribution is 2.27. The van der Waals surface area contributed by atoms with E-state index in [2.05, 4.69) is 0 Å². The fraction of sp³-hybridized carbons (Fsp3) is 0.900. The molecule has 15 heavy (non-hydrogen) atoms. The summed E-state index contributed by atoms with van der Waals surface area (Å²) in [5, 5.41) is 19.0. The van der Waals surface area contributed by atoms with E-state index in [9.17, 15) is 9.90 Å². The van der Waals surface area contributed by atoms with E-state index in [0.717, 1.165) is 0 Å². The summed E-state index contributed by atoms with van der Waals surface area (Å²) < 4.78 is 10.4.